The van der Waals surface area contributed by atoms with Crippen LogP contribution in [0.2, 0.25) is 0 Å². The van der Waals surface area contributed by atoms with Crippen molar-refractivity contribution in [3.8, 4) is 5.75 Å². The molecule has 4 N–H and O–H groups in total. The summed E-state index contributed by atoms with van der Waals surface area (Å²) in [4.78, 5) is 25.2. The molecule has 0 bridgehead atoms. The molecule has 2 amide bonds. The number of hydrogen-bond acceptors (Lipinski definition) is 4. The van der Waals surface area contributed by atoms with Crippen LogP contribution in [-0.2, 0) is 4.79 Å². The molecule has 0 saturated carbocycles. The number of carbonyl (C=O) groups excluding carboxylic acids is 2. The highest BCUT2D eigenvalue weighted by Gasteiger charge is 2.35. The Morgan fingerprint density at radius 3 is 2.71 bits per heavy atom. The summed E-state index contributed by atoms with van der Waals surface area (Å²) in [6, 6.07) is 6.87. The fraction of sp³-hybridized carbons (Fsp3) is 0.467. The number of para-hydroxylation sites is 1. The maximum Gasteiger partial charge on any atom is 0.257 e. The van der Waals surface area contributed by atoms with Gasteiger partial charge < -0.3 is 21.1 Å². The maximum atomic E-state index is 12.6. The Morgan fingerprint density at radius 1 is 1.38 bits per heavy atom. The van der Waals surface area contributed by atoms with Crippen molar-refractivity contribution in [3.05, 3.63) is 29.8 Å². The van der Waals surface area contributed by atoms with Crippen molar-refractivity contribution >= 4 is 11.8 Å². The first-order chi connectivity index (χ1) is 9.95. The van der Waals surface area contributed by atoms with Crippen molar-refractivity contribution in [2.75, 3.05) is 26.2 Å². The van der Waals surface area contributed by atoms with Crippen LogP contribution in [0.1, 0.15) is 23.7 Å². The Morgan fingerprint density at radius 2 is 2.10 bits per heavy atom. The van der Waals surface area contributed by atoms with Gasteiger partial charge in [0.15, 0.2) is 6.61 Å². The van der Waals surface area contributed by atoms with Gasteiger partial charge in [-0.1, -0.05) is 19.1 Å². The zero-order chi connectivity index (χ0) is 15.5. The van der Waals surface area contributed by atoms with Crippen molar-refractivity contribution < 1.29 is 14.3 Å². The summed E-state index contributed by atoms with van der Waals surface area (Å²) in [5.74, 6) is -0.302. The van der Waals surface area contributed by atoms with E-state index in [2.05, 4.69) is 6.92 Å². The van der Waals surface area contributed by atoms with Gasteiger partial charge in [-0.15, -0.1) is 0 Å². The SMILES string of the molecule is CC1(CN)CCN(C(=O)c2ccccc2OCC(N)=O)C1. The largest absolute Gasteiger partial charge is 0.483 e. The number of amides is 2. The molecule has 1 aromatic rings. The lowest BCUT2D eigenvalue weighted by Gasteiger charge is -2.23. The number of nitrogens with zero attached hydrogens (tertiary/aromatic N) is 1. The van der Waals surface area contributed by atoms with Crippen molar-refractivity contribution in [2.45, 2.75) is 13.3 Å². The summed E-state index contributed by atoms with van der Waals surface area (Å²) in [5, 5.41) is 0. The topological polar surface area (TPSA) is 98.7 Å². The predicted octanol–water partition coefficient (Wildman–Crippen LogP) is 0.362. The second-order valence-corrected chi connectivity index (χ2v) is 5.74. The van der Waals surface area contributed by atoms with Crippen LogP contribution in [0.5, 0.6) is 5.75 Å². The molecule has 0 aromatic heterocycles. The van der Waals surface area contributed by atoms with E-state index in [0.29, 0.717) is 30.9 Å². The summed E-state index contributed by atoms with van der Waals surface area (Å²) in [5.41, 5.74) is 11.3. The Balaban J connectivity index is 2.14. The van der Waals surface area contributed by atoms with Crippen LogP contribution < -0.4 is 16.2 Å². The second kappa shape index (κ2) is 6.13. The lowest BCUT2D eigenvalue weighted by molar-refractivity contribution is -0.119. The number of rotatable bonds is 5. The average Bonchev–Trinajstić information content (AvgIpc) is 2.88. The number of primary amides is 1. The van der Waals surface area contributed by atoms with Crippen molar-refractivity contribution in [1.29, 1.82) is 0 Å². The standard InChI is InChI=1S/C15H21N3O3/c1-15(9-16)6-7-18(10-15)14(20)11-4-2-3-5-12(11)21-8-13(17)19/h2-5H,6-10,16H2,1H3,(H2,17,19). The van der Waals surface area contributed by atoms with Crippen LogP contribution in [0.3, 0.4) is 0 Å². The first kappa shape index (κ1) is 15.3. The van der Waals surface area contributed by atoms with Crippen LogP contribution in [-0.4, -0.2) is 43.0 Å². The van der Waals surface area contributed by atoms with Crippen LogP contribution in [0, 0.1) is 5.41 Å². The summed E-state index contributed by atoms with van der Waals surface area (Å²) in [6.07, 6.45) is 0.888. The number of carbonyl (C=O) groups is 2. The predicted molar refractivity (Wildman–Crippen MR) is 78.8 cm³/mol. The van der Waals surface area contributed by atoms with Gasteiger partial charge in [0.25, 0.3) is 11.8 Å². The Labute approximate surface area is 124 Å². The van der Waals surface area contributed by atoms with Gasteiger partial charge >= 0.3 is 0 Å². The first-order valence-corrected chi connectivity index (χ1v) is 6.95. The minimum atomic E-state index is -0.575. The van der Waals surface area contributed by atoms with Crippen LogP contribution in [0.4, 0.5) is 0 Å². The van der Waals surface area contributed by atoms with Gasteiger partial charge in [-0.05, 0) is 30.5 Å². The van der Waals surface area contributed by atoms with Gasteiger partial charge in [0, 0.05) is 13.1 Å². The van der Waals surface area contributed by atoms with E-state index in [0.717, 1.165) is 6.42 Å². The van der Waals surface area contributed by atoms with E-state index >= 15 is 0 Å². The van der Waals surface area contributed by atoms with Gasteiger partial charge in [-0.25, -0.2) is 0 Å². The van der Waals surface area contributed by atoms with E-state index in [4.69, 9.17) is 16.2 Å². The van der Waals surface area contributed by atoms with Crippen molar-refractivity contribution in [3.63, 3.8) is 0 Å². The second-order valence-electron chi connectivity index (χ2n) is 5.74. The summed E-state index contributed by atoms with van der Waals surface area (Å²) < 4.78 is 5.31. The third-order valence-electron chi connectivity index (χ3n) is 3.83. The van der Waals surface area contributed by atoms with Crippen LogP contribution in [0.15, 0.2) is 24.3 Å². The Hall–Kier alpha value is -2.08. The lowest BCUT2D eigenvalue weighted by atomic mass is 9.90. The van der Waals surface area contributed by atoms with Crippen LogP contribution in [0.25, 0.3) is 0 Å². The molecule has 6 heteroatoms. The Kier molecular flexibility index (Phi) is 4.47. The zero-order valence-electron chi connectivity index (χ0n) is 12.2. The average molecular weight is 291 g/mol. The van der Waals surface area contributed by atoms with Gasteiger partial charge in [0.05, 0.1) is 5.56 Å². The smallest absolute Gasteiger partial charge is 0.257 e. The highest BCUT2D eigenvalue weighted by molar-refractivity contribution is 5.97. The molecule has 0 spiro atoms. The van der Waals surface area contributed by atoms with Gasteiger partial charge in [-0.3, -0.25) is 9.59 Å². The first-order valence-electron chi connectivity index (χ1n) is 6.95. The number of ether oxygens (including phenoxy) is 1. The molecule has 0 radical (unpaired) electrons. The normalized spacial score (nSPS) is 21.3. The summed E-state index contributed by atoms with van der Waals surface area (Å²) in [7, 11) is 0. The summed E-state index contributed by atoms with van der Waals surface area (Å²) >= 11 is 0. The highest BCUT2D eigenvalue weighted by atomic mass is 16.5. The minimum absolute atomic E-state index is 0.0291. The van der Waals surface area contributed by atoms with Crippen molar-refractivity contribution in [2.24, 2.45) is 16.9 Å². The molecule has 1 aromatic carbocycles. The molecule has 1 unspecified atom stereocenters. The number of benzene rings is 1. The van der Waals surface area contributed by atoms with Crippen molar-refractivity contribution in [1.82, 2.24) is 4.90 Å². The highest BCUT2D eigenvalue weighted by Crippen LogP contribution is 2.31. The molecule has 1 aliphatic heterocycles. The number of hydrogen-bond donors (Lipinski definition) is 2. The van der Waals surface area contributed by atoms with E-state index < -0.39 is 5.91 Å². The molecule has 2 rings (SSSR count). The van der Waals surface area contributed by atoms with E-state index in [1.165, 1.54) is 0 Å². The van der Waals surface area contributed by atoms with Gasteiger partial charge in [0.2, 0.25) is 0 Å². The molecular weight excluding hydrogens is 270 g/mol. The van der Waals surface area contributed by atoms with Gasteiger partial charge in [0.1, 0.15) is 5.75 Å². The fourth-order valence-corrected chi connectivity index (χ4v) is 2.45. The minimum Gasteiger partial charge on any atom is -0.483 e. The molecule has 1 fully saturated rings. The molecule has 1 saturated heterocycles. The third-order valence-corrected chi connectivity index (χ3v) is 3.83. The molecule has 6 nitrogen and oxygen atoms in total. The van der Waals surface area contributed by atoms with E-state index in [1.54, 1.807) is 29.2 Å². The van der Waals surface area contributed by atoms with Gasteiger partial charge in [-0.2, -0.15) is 0 Å². The lowest BCUT2D eigenvalue weighted by Crippen LogP contribution is -2.34. The fourth-order valence-electron chi connectivity index (χ4n) is 2.45. The van der Waals surface area contributed by atoms with E-state index in [9.17, 15) is 9.59 Å². The number of likely N-dealkylation sites (tertiary alicyclic amines) is 1. The van der Waals surface area contributed by atoms with E-state index in [-0.39, 0.29) is 17.9 Å². The quantitative estimate of drug-likeness (QED) is 0.818. The number of nitrogens with two attached hydrogens (primary N) is 2. The zero-order valence-corrected chi connectivity index (χ0v) is 12.2. The maximum absolute atomic E-state index is 12.6. The Bertz CT molecular complexity index is 547. The molecule has 21 heavy (non-hydrogen) atoms. The van der Waals surface area contributed by atoms with Crippen LogP contribution >= 0.6 is 0 Å². The molecule has 1 heterocycles. The third kappa shape index (κ3) is 3.52. The molecule has 114 valence electrons. The molecule has 0 aliphatic carbocycles. The molecule has 1 atom stereocenters. The van der Waals surface area contributed by atoms with E-state index in [1.807, 2.05) is 0 Å². The summed E-state index contributed by atoms with van der Waals surface area (Å²) in [6.45, 7) is 3.69. The monoisotopic (exact) mass is 291 g/mol. The molecular formula is C15H21N3O3. The molecule has 1 aliphatic rings.